The number of anilines is 1. The molecule has 2 aromatic heterocycles. The number of carbonyl (C=O) groups excluding carboxylic acids is 2. The number of hydrogen-bond donors (Lipinski definition) is 1. The number of amides is 1. The second-order valence-electron chi connectivity index (χ2n) is 7.39. The molecule has 0 saturated heterocycles. The van der Waals surface area contributed by atoms with Crippen molar-refractivity contribution in [1.82, 2.24) is 9.55 Å². The molecule has 3 aromatic rings. The van der Waals surface area contributed by atoms with Crippen LogP contribution in [0, 0.1) is 6.92 Å². The number of benzene rings is 1. The number of imidazole rings is 1. The Kier molecular flexibility index (Phi) is 5.99. The lowest BCUT2D eigenvalue weighted by Crippen LogP contribution is -2.16. The molecule has 4 rings (SSSR count). The van der Waals surface area contributed by atoms with Crippen LogP contribution in [-0.4, -0.2) is 28.0 Å². The molecule has 1 aliphatic carbocycles. The molecular weight excluding hydrogens is 398 g/mol. The largest absolute Gasteiger partial charge is 0.462 e. The van der Waals surface area contributed by atoms with Crippen LogP contribution in [0.4, 0.5) is 5.00 Å². The first-order valence-corrected chi connectivity index (χ1v) is 11.1. The second kappa shape index (κ2) is 8.83. The van der Waals surface area contributed by atoms with Crippen molar-refractivity contribution in [3.63, 3.8) is 0 Å². The molecule has 0 unspecified atom stereocenters. The van der Waals surface area contributed by atoms with Crippen molar-refractivity contribution in [3.05, 3.63) is 69.6 Å². The molecule has 156 valence electrons. The highest BCUT2D eigenvalue weighted by molar-refractivity contribution is 7.17. The van der Waals surface area contributed by atoms with E-state index in [1.807, 2.05) is 37.4 Å². The number of esters is 1. The zero-order chi connectivity index (χ0) is 21.1. The van der Waals surface area contributed by atoms with Gasteiger partial charge >= 0.3 is 5.97 Å². The van der Waals surface area contributed by atoms with Gasteiger partial charge in [0.15, 0.2) is 0 Å². The Bertz CT molecular complexity index is 1070. The average Bonchev–Trinajstić information content (AvgIpc) is 3.31. The topological polar surface area (TPSA) is 73.2 Å². The highest BCUT2D eigenvalue weighted by Gasteiger charge is 2.27. The van der Waals surface area contributed by atoms with E-state index >= 15 is 0 Å². The van der Waals surface area contributed by atoms with Crippen molar-refractivity contribution in [1.29, 1.82) is 0 Å². The lowest BCUT2D eigenvalue weighted by atomic mass is 9.95. The van der Waals surface area contributed by atoms with Gasteiger partial charge in [-0.05, 0) is 62.8 Å². The van der Waals surface area contributed by atoms with Crippen molar-refractivity contribution >= 4 is 28.2 Å². The van der Waals surface area contributed by atoms with E-state index in [1.165, 1.54) is 16.2 Å². The van der Waals surface area contributed by atoms with Crippen molar-refractivity contribution in [2.75, 3.05) is 11.9 Å². The maximum absolute atomic E-state index is 12.9. The number of nitrogens with one attached hydrogen (secondary N) is 1. The third kappa shape index (κ3) is 4.16. The van der Waals surface area contributed by atoms with Crippen LogP contribution >= 0.6 is 11.3 Å². The number of fused-ring (bicyclic) bond motifs is 1. The zero-order valence-corrected chi connectivity index (χ0v) is 18.1. The van der Waals surface area contributed by atoms with Gasteiger partial charge in [0.2, 0.25) is 0 Å². The van der Waals surface area contributed by atoms with Crippen LogP contribution in [0.15, 0.2) is 36.7 Å². The maximum atomic E-state index is 12.9. The number of thiophene rings is 1. The van der Waals surface area contributed by atoms with Crippen LogP contribution in [0.3, 0.4) is 0 Å². The van der Waals surface area contributed by atoms with Gasteiger partial charge in [-0.2, -0.15) is 0 Å². The van der Waals surface area contributed by atoms with Gasteiger partial charge in [-0.15, -0.1) is 11.3 Å². The fraction of sp³-hybridized carbons (Fsp3) is 0.348. The number of ether oxygens (including phenoxy) is 1. The van der Waals surface area contributed by atoms with Gasteiger partial charge in [0.1, 0.15) is 10.8 Å². The third-order valence-corrected chi connectivity index (χ3v) is 6.58. The van der Waals surface area contributed by atoms with Crippen LogP contribution in [0.25, 0.3) is 0 Å². The minimum absolute atomic E-state index is 0.218. The number of carbonyl (C=O) groups is 2. The van der Waals surface area contributed by atoms with Gasteiger partial charge in [-0.1, -0.05) is 12.1 Å². The summed E-state index contributed by atoms with van der Waals surface area (Å²) in [4.78, 5) is 30.9. The molecule has 2 heterocycles. The predicted octanol–water partition coefficient (Wildman–Crippen LogP) is 4.61. The van der Waals surface area contributed by atoms with Crippen LogP contribution < -0.4 is 5.32 Å². The summed E-state index contributed by atoms with van der Waals surface area (Å²) in [5, 5.41) is 3.56. The van der Waals surface area contributed by atoms with Gasteiger partial charge < -0.3 is 14.6 Å². The van der Waals surface area contributed by atoms with Gasteiger partial charge in [0.25, 0.3) is 5.91 Å². The van der Waals surface area contributed by atoms with Crippen molar-refractivity contribution < 1.29 is 14.3 Å². The van der Waals surface area contributed by atoms with E-state index in [-0.39, 0.29) is 11.9 Å². The summed E-state index contributed by atoms with van der Waals surface area (Å²) in [6.45, 7) is 4.78. The number of hydrogen-bond acceptors (Lipinski definition) is 5. The van der Waals surface area contributed by atoms with Crippen LogP contribution in [-0.2, 0) is 24.1 Å². The third-order valence-electron chi connectivity index (χ3n) is 5.37. The summed E-state index contributed by atoms with van der Waals surface area (Å²) in [7, 11) is 0. The highest BCUT2D eigenvalue weighted by Crippen LogP contribution is 2.38. The summed E-state index contributed by atoms with van der Waals surface area (Å²) in [5.41, 5.74) is 3.23. The Morgan fingerprint density at radius 3 is 2.67 bits per heavy atom. The van der Waals surface area contributed by atoms with Crippen molar-refractivity contribution in [2.45, 2.75) is 46.1 Å². The molecule has 30 heavy (non-hydrogen) atoms. The fourth-order valence-corrected chi connectivity index (χ4v) is 5.05. The van der Waals surface area contributed by atoms with E-state index in [1.54, 1.807) is 13.1 Å². The van der Waals surface area contributed by atoms with E-state index in [0.717, 1.165) is 42.6 Å². The van der Waals surface area contributed by atoms with Gasteiger partial charge in [-0.3, -0.25) is 4.79 Å². The summed E-state index contributed by atoms with van der Waals surface area (Å²) in [5.74, 6) is 0.382. The Labute approximate surface area is 179 Å². The molecule has 1 amide bonds. The summed E-state index contributed by atoms with van der Waals surface area (Å²) in [6, 6.07) is 7.52. The first-order valence-electron chi connectivity index (χ1n) is 10.3. The molecule has 0 aliphatic heterocycles. The number of aromatic nitrogens is 2. The molecule has 1 aliphatic rings. The first kappa shape index (κ1) is 20.3. The molecule has 6 nitrogen and oxygen atoms in total. The lowest BCUT2D eigenvalue weighted by Gasteiger charge is -2.12. The molecule has 1 N–H and O–H groups in total. The minimum Gasteiger partial charge on any atom is -0.462 e. The standard InChI is InChI=1S/C23H25N3O3S/c1-3-29-23(28)20-18-6-4-5-7-19(18)30-22(20)25-21(27)17-10-8-16(9-11-17)14-26-13-12-24-15(26)2/h8-13H,3-7,14H2,1-2H3,(H,25,27). The Hall–Kier alpha value is -2.93. The van der Waals surface area contributed by atoms with E-state index < -0.39 is 0 Å². The number of aryl methyl sites for hydroxylation is 2. The predicted molar refractivity (Wildman–Crippen MR) is 117 cm³/mol. The van der Waals surface area contributed by atoms with Crippen molar-refractivity contribution in [3.8, 4) is 0 Å². The van der Waals surface area contributed by atoms with Crippen LogP contribution in [0.2, 0.25) is 0 Å². The molecule has 0 atom stereocenters. The Morgan fingerprint density at radius 1 is 1.20 bits per heavy atom. The lowest BCUT2D eigenvalue weighted by molar-refractivity contribution is 0.0526. The molecule has 0 fully saturated rings. The summed E-state index contributed by atoms with van der Waals surface area (Å²) < 4.78 is 7.32. The van der Waals surface area contributed by atoms with Gasteiger partial charge in [0.05, 0.1) is 12.2 Å². The van der Waals surface area contributed by atoms with Gasteiger partial charge in [0, 0.05) is 29.4 Å². The smallest absolute Gasteiger partial charge is 0.341 e. The molecule has 0 spiro atoms. The SMILES string of the molecule is CCOC(=O)c1c(NC(=O)c2ccc(Cn3ccnc3C)cc2)sc2c1CCCC2. The average molecular weight is 424 g/mol. The second-order valence-corrected chi connectivity index (χ2v) is 8.49. The minimum atomic E-state index is -0.349. The monoisotopic (exact) mass is 423 g/mol. The molecule has 0 radical (unpaired) electrons. The molecule has 0 bridgehead atoms. The molecule has 0 saturated carbocycles. The molecule has 7 heteroatoms. The van der Waals surface area contributed by atoms with Crippen LogP contribution in [0.5, 0.6) is 0 Å². The van der Waals surface area contributed by atoms with E-state index in [0.29, 0.717) is 29.3 Å². The van der Waals surface area contributed by atoms with E-state index in [4.69, 9.17) is 4.74 Å². The first-order chi connectivity index (χ1) is 14.6. The summed E-state index contributed by atoms with van der Waals surface area (Å²) in [6.07, 6.45) is 7.69. The van der Waals surface area contributed by atoms with Gasteiger partial charge in [-0.25, -0.2) is 9.78 Å². The molecular formula is C23H25N3O3S. The fourth-order valence-electron chi connectivity index (χ4n) is 3.78. The zero-order valence-electron chi connectivity index (χ0n) is 17.2. The normalized spacial score (nSPS) is 13.0. The Balaban J connectivity index is 1.53. The highest BCUT2D eigenvalue weighted by atomic mass is 32.1. The van der Waals surface area contributed by atoms with Crippen molar-refractivity contribution in [2.24, 2.45) is 0 Å². The number of rotatable bonds is 6. The maximum Gasteiger partial charge on any atom is 0.341 e. The van der Waals surface area contributed by atoms with E-state index in [9.17, 15) is 9.59 Å². The molecule has 1 aromatic carbocycles. The van der Waals surface area contributed by atoms with E-state index in [2.05, 4.69) is 14.9 Å². The number of nitrogens with zero attached hydrogens (tertiary/aromatic N) is 2. The quantitative estimate of drug-likeness (QED) is 0.588. The van der Waals surface area contributed by atoms with Crippen LogP contribution in [0.1, 0.15) is 62.3 Å². The summed E-state index contributed by atoms with van der Waals surface area (Å²) >= 11 is 1.50. The Morgan fingerprint density at radius 2 is 1.97 bits per heavy atom.